The number of methoxy groups -OCH3 is 1. The Morgan fingerprint density at radius 1 is 1.50 bits per heavy atom. The van der Waals surface area contributed by atoms with Gasteiger partial charge in [-0.2, -0.15) is 0 Å². The molecule has 0 saturated carbocycles. The van der Waals surface area contributed by atoms with Crippen molar-refractivity contribution in [1.82, 2.24) is 0 Å². The summed E-state index contributed by atoms with van der Waals surface area (Å²) >= 11 is 0. The molecule has 0 aromatic rings. The van der Waals surface area contributed by atoms with Crippen LogP contribution in [0.4, 0.5) is 0 Å². The van der Waals surface area contributed by atoms with E-state index < -0.39 is 24.4 Å². The van der Waals surface area contributed by atoms with Crippen molar-refractivity contribution in [3.05, 3.63) is 0 Å². The third-order valence-electron chi connectivity index (χ3n) is 2.03. The molecule has 3 N–H and O–H groups in total. The molecule has 1 aliphatic rings. The van der Waals surface area contributed by atoms with Crippen molar-refractivity contribution in [3.8, 4) is 0 Å². The van der Waals surface area contributed by atoms with E-state index in [9.17, 15) is 10.2 Å². The van der Waals surface area contributed by atoms with Gasteiger partial charge in [0.05, 0.1) is 13.2 Å². The molecule has 5 heteroatoms. The average molecular weight is 178 g/mol. The average Bonchev–Trinajstić information content (AvgIpc) is 2.06. The van der Waals surface area contributed by atoms with Crippen LogP contribution in [0.25, 0.3) is 0 Å². The Bertz CT molecular complexity index is 140. The second-order valence-corrected chi connectivity index (χ2v) is 2.81. The molecule has 12 heavy (non-hydrogen) atoms. The lowest BCUT2D eigenvalue weighted by Gasteiger charge is -2.36. The van der Waals surface area contributed by atoms with E-state index >= 15 is 0 Å². The first-order valence-corrected chi connectivity index (χ1v) is 3.82. The summed E-state index contributed by atoms with van der Waals surface area (Å²) in [5, 5.41) is 27.4. The van der Waals surface area contributed by atoms with Gasteiger partial charge in [-0.05, 0) is 0 Å². The summed E-state index contributed by atoms with van der Waals surface area (Å²) in [5.41, 5.74) is 0. The first kappa shape index (κ1) is 9.88. The normalized spacial score (nSPS) is 43.0. The fraction of sp³-hybridized carbons (Fsp3) is 1.00. The Morgan fingerprint density at radius 2 is 2.17 bits per heavy atom. The van der Waals surface area contributed by atoms with Crippen molar-refractivity contribution in [3.63, 3.8) is 0 Å². The molecule has 0 spiro atoms. The molecule has 1 aliphatic heterocycles. The molecule has 0 radical (unpaired) electrons. The molecule has 1 fully saturated rings. The Kier molecular flexibility index (Phi) is 3.42. The van der Waals surface area contributed by atoms with Crippen LogP contribution in [0.3, 0.4) is 0 Å². The van der Waals surface area contributed by atoms with Crippen LogP contribution in [0.1, 0.15) is 0 Å². The first-order valence-electron chi connectivity index (χ1n) is 3.82. The zero-order valence-electron chi connectivity index (χ0n) is 6.88. The van der Waals surface area contributed by atoms with Crippen LogP contribution in [0.2, 0.25) is 0 Å². The van der Waals surface area contributed by atoms with Gasteiger partial charge < -0.3 is 24.8 Å². The summed E-state index contributed by atoms with van der Waals surface area (Å²) in [4.78, 5) is 0. The van der Waals surface area contributed by atoms with Crippen LogP contribution in [-0.4, -0.2) is 60.1 Å². The monoisotopic (exact) mass is 178 g/mol. The van der Waals surface area contributed by atoms with Crippen molar-refractivity contribution in [2.75, 3.05) is 20.3 Å². The molecule has 0 bridgehead atoms. The number of aliphatic hydroxyl groups is 3. The maximum atomic E-state index is 9.43. The summed E-state index contributed by atoms with van der Waals surface area (Å²) in [6.07, 6.45) is -3.12. The standard InChI is InChI=1S/C7H14O5/c1-11-7-4(9)3-12-5(2-8)6(7)10/h4-10H,2-3H2,1H3/t4-,5-,6-,7-/m1/s1. The molecule has 0 unspecified atom stereocenters. The van der Waals surface area contributed by atoms with Crippen molar-refractivity contribution < 1.29 is 24.8 Å². The summed E-state index contributed by atoms with van der Waals surface area (Å²) in [6, 6.07) is 0. The maximum absolute atomic E-state index is 9.43. The number of rotatable bonds is 2. The zero-order chi connectivity index (χ0) is 9.14. The summed E-state index contributed by atoms with van der Waals surface area (Å²) in [7, 11) is 1.40. The highest BCUT2D eigenvalue weighted by atomic mass is 16.6. The van der Waals surface area contributed by atoms with Crippen molar-refractivity contribution in [2.45, 2.75) is 24.4 Å². The molecular weight excluding hydrogens is 164 g/mol. The molecular formula is C7H14O5. The maximum Gasteiger partial charge on any atom is 0.114 e. The molecule has 5 nitrogen and oxygen atoms in total. The van der Waals surface area contributed by atoms with E-state index in [1.807, 2.05) is 0 Å². The zero-order valence-corrected chi connectivity index (χ0v) is 6.88. The third kappa shape index (κ3) is 1.75. The van der Waals surface area contributed by atoms with E-state index in [1.54, 1.807) is 0 Å². The summed E-state index contributed by atoms with van der Waals surface area (Å²) < 4.78 is 9.81. The first-order chi connectivity index (χ1) is 5.70. The minimum atomic E-state index is -0.969. The van der Waals surface area contributed by atoms with E-state index in [1.165, 1.54) is 7.11 Å². The molecule has 72 valence electrons. The van der Waals surface area contributed by atoms with Crippen LogP contribution in [0, 0.1) is 0 Å². The van der Waals surface area contributed by atoms with Crippen LogP contribution < -0.4 is 0 Å². The number of hydrogen-bond donors (Lipinski definition) is 3. The van der Waals surface area contributed by atoms with Gasteiger partial charge >= 0.3 is 0 Å². The Morgan fingerprint density at radius 3 is 2.67 bits per heavy atom. The van der Waals surface area contributed by atoms with Gasteiger partial charge in [0.2, 0.25) is 0 Å². The van der Waals surface area contributed by atoms with Gasteiger partial charge in [-0.1, -0.05) is 0 Å². The summed E-state index contributed by atoms with van der Waals surface area (Å²) in [6.45, 7) is -0.186. The highest BCUT2D eigenvalue weighted by Crippen LogP contribution is 2.17. The van der Waals surface area contributed by atoms with Gasteiger partial charge in [-0.25, -0.2) is 0 Å². The van der Waals surface area contributed by atoms with Crippen LogP contribution in [0.15, 0.2) is 0 Å². The van der Waals surface area contributed by atoms with Gasteiger partial charge in [0, 0.05) is 7.11 Å². The van der Waals surface area contributed by atoms with Gasteiger partial charge in [0.15, 0.2) is 0 Å². The van der Waals surface area contributed by atoms with Gasteiger partial charge in [-0.15, -0.1) is 0 Å². The minimum absolute atomic E-state index is 0.0841. The molecule has 1 heterocycles. The minimum Gasteiger partial charge on any atom is -0.394 e. The van der Waals surface area contributed by atoms with Crippen molar-refractivity contribution in [1.29, 1.82) is 0 Å². The fourth-order valence-corrected chi connectivity index (χ4v) is 1.31. The second-order valence-electron chi connectivity index (χ2n) is 2.81. The number of aliphatic hydroxyl groups excluding tert-OH is 3. The van der Waals surface area contributed by atoms with Crippen LogP contribution >= 0.6 is 0 Å². The predicted octanol–water partition coefficient (Wildman–Crippen LogP) is -1.89. The number of hydrogen-bond acceptors (Lipinski definition) is 5. The fourth-order valence-electron chi connectivity index (χ4n) is 1.31. The lowest BCUT2D eigenvalue weighted by molar-refractivity contribution is -0.203. The predicted molar refractivity (Wildman–Crippen MR) is 39.6 cm³/mol. The Labute approximate surface area is 70.5 Å². The van der Waals surface area contributed by atoms with E-state index in [0.717, 1.165) is 0 Å². The lowest BCUT2D eigenvalue weighted by atomic mass is 10.0. The Balaban J connectivity index is 2.56. The largest absolute Gasteiger partial charge is 0.394 e. The molecule has 0 aromatic carbocycles. The van der Waals surface area contributed by atoms with Gasteiger partial charge in [0.25, 0.3) is 0 Å². The van der Waals surface area contributed by atoms with E-state index in [-0.39, 0.29) is 13.2 Å². The van der Waals surface area contributed by atoms with Crippen molar-refractivity contribution >= 4 is 0 Å². The molecule has 0 aliphatic carbocycles. The topological polar surface area (TPSA) is 79.2 Å². The SMILES string of the molecule is CO[C@H]1[C@H](O)[C@@H](CO)OC[C@H]1O. The molecule has 0 aromatic heterocycles. The van der Waals surface area contributed by atoms with Crippen LogP contribution in [-0.2, 0) is 9.47 Å². The number of ether oxygens (including phenoxy) is 2. The van der Waals surface area contributed by atoms with Crippen LogP contribution in [0.5, 0.6) is 0 Å². The molecule has 4 atom stereocenters. The van der Waals surface area contributed by atoms with E-state index in [0.29, 0.717) is 0 Å². The lowest BCUT2D eigenvalue weighted by Crippen LogP contribution is -2.54. The molecule has 0 amide bonds. The molecule has 1 saturated heterocycles. The quantitative estimate of drug-likeness (QED) is 0.461. The Hall–Kier alpha value is -0.200. The van der Waals surface area contributed by atoms with E-state index in [4.69, 9.17) is 14.6 Å². The summed E-state index contributed by atoms with van der Waals surface area (Å²) in [5.74, 6) is 0. The second kappa shape index (κ2) is 4.15. The van der Waals surface area contributed by atoms with Crippen molar-refractivity contribution in [2.24, 2.45) is 0 Å². The highest BCUT2D eigenvalue weighted by Gasteiger charge is 2.38. The smallest absolute Gasteiger partial charge is 0.114 e. The van der Waals surface area contributed by atoms with Gasteiger partial charge in [-0.3, -0.25) is 0 Å². The van der Waals surface area contributed by atoms with E-state index in [2.05, 4.69) is 0 Å². The highest BCUT2D eigenvalue weighted by molar-refractivity contribution is 4.87. The third-order valence-corrected chi connectivity index (χ3v) is 2.03. The van der Waals surface area contributed by atoms with Gasteiger partial charge in [0.1, 0.15) is 24.4 Å². The molecule has 1 rings (SSSR count).